The van der Waals surface area contributed by atoms with Crippen LogP contribution in [0, 0.1) is 0 Å². The van der Waals surface area contributed by atoms with Crippen LogP contribution in [0.4, 0.5) is 0 Å². The fourth-order valence-electron chi connectivity index (χ4n) is 1.57. The first-order valence-electron chi connectivity index (χ1n) is 6.50. The van der Waals surface area contributed by atoms with Crippen LogP contribution in [0.3, 0.4) is 0 Å². The Bertz CT molecular complexity index is 500. The summed E-state index contributed by atoms with van der Waals surface area (Å²) in [6, 6.07) is 0. The van der Waals surface area contributed by atoms with E-state index in [1.54, 1.807) is 6.92 Å². The number of nitrogens with zero attached hydrogens (tertiary/aromatic N) is 1. The Morgan fingerprint density at radius 1 is 1.42 bits per heavy atom. The molecule has 1 atom stereocenters. The first-order valence-corrected chi connectivity index (χ1v) is 9.20. The normalized spacial score (nSPS) is 14.6. The van der Waals surface area contributed by atoms with E-state index in [2.05, 4.69) is 25.8 Å². The molecule has 1 aromatic rings. The summed E-state index contributed by atoms with van der Waals surface area (Å²) in [6.45, 7) is 7.88. The van der Waals surface area contributed by atoms with Gasteiger partial charge in [0, 0.05) is 16.5 Å². The van der Waals surface area contributed by atoms with Crippen molar-refractivity contribution in [3.63, 3.8) is 0 Å². The van der Waals surface area contributed by atoms with E-state index in [4.69, 9.17) is 0 Å². The number of aromatic nitrogens is 1. The molecule has 0 aliphatic carbocycles. The lowest BCUT2D eigenvalue weighted by Crippen LogP contribution is -2.12. The van der Waals surface area contributed by atoms with Crippen LogP contribution in [0.5, 0.6) is 0 Å². The van der Waals surface area contributed by atoms with E-state index >= 15 is 0 Å². The van der Waals surface area contributed by atoms with Gasteiger partial charge in [-0.1, -0.05) is 27.7 Å². The van der Waals surface area contributed by atoms with Gasteiger partial charge in [-0.3, -0.25) is 0 Å². The van der Waals surface area contributed by atoms with Gasteiger partial charge in [0.2, 0.25) is 0 Å². The summed E-state index contributed by atoms with van der Waals surface area (Å²) in [4.78, 5) is 4.44. The van der Waals surface area contributed by atoms with Crippen molar-refractivity contribution in [3.8, 4) is 0 Å². The molecule has 0 fully saturated rings. The summed E-state index contributed by atoms with van der Waals surface area (Å²) in [5, 5.41) is 12.9. The molecular weight excluding hydrogens is 282 g/mol. The van der Waals surface area contributed by atoms with Gasteiger partial charge in [0.05, 0.1) is 22.6 Å². The van der Waals surface area contributed by atoms with Gasteiger partial charge in [-0.2, -0.15) is 0 Å². The summed E-state index contributed by atoms with van der Waals surface area (Å²) in [5.74, 6) is 0.296. The fraction of sp³-hybridized carbons (Fsp3) is 0.769. The summed E-state index contributed by atoms with van der Waals surface area (Å²) >= 11 is 1.54. The zero-order valence-corrected chi connectivity index (χ0v) is 13.6. The summed E-state index contributed by atoms with van der Waals surface area (Å²) in [7, 11) is -2.94. The van der Waals surface area contributed by atoms with Crippen LogP contribution < -0.4 is 0 Å². The topological polar surface area (TPSA) is 67.3 Å². The minimum Gasteiger partial charge on any atom is -0.387 e. The predicted molar refractivity (Wildman–Crippen MR) is 79.3 cm³/mol. The molecule has 1 N–H and O–H groups in total. The first kappa shape index (κ1) is 16.6. The van der Waals surface area contributed by atoms with Crippen LogP contribution in [0.15, 0.2) is 5.38 Å². The van der Waals surface area contributed by atoms with Crippen molar-refractivity contribution in [2.75, 3.05) is 11.5 Å². The van der Waals surface area contributed by atoms with Crippen molar-refractivity contribution in [2.45, 2.75) is 52.1 Å². The van der Waals surface area contributed by atoms with Crippen molar-refractivity contribution in [1.82, 2.24) is 4.98 Å². The summed E-state index contributed by atoms with van der Waals surface area (Å²) in [5.41, 5.74) is 0.637. The predicted octanol–water partition coefficient (Wildman–Crippen LogP) is 2.69. The average Bonchev–Trinajstić information content (AvgIpc) is 2.77. The van der Waals surface area contributed by atoms with Crippen LogP contribution in [-0.2, 0) is 15.3 Å². The third-order valence-electron chi connectivity index (χ3n) is 2.88. The number of aliphatic hydroxyl groups excluding tert-OH is 1. The Morgan fingerprint density at radius 2 is 2.05 bits per heavy atom. The van der Waals surface area contributed by atoms with E-state index in [1.807, 2.05) is 5.38 Å². The molecule has 0 saturated heterocycles. The Labute approximate surface area is 119 Å². The van der Waals surface area contributed by atoms with Gasteiger partial charge in [0.25, 0.3) is 0 Å². The standard InChI is InChI=1S/C13H23NO3S2/c1-5-19(16,17)8-6-7-11(15)10-9-18-12(14-10)13(2,3)4/h9,11,15H,5-8H2,1-4H3. The molecule has 0 aromatic carbocycles. The van der Waals surface area contributed by atoms with E-state index in [9.17, 15) is 13.5 Å². The smallest absolute Gasteiger partial charge is 0.150 e. The quantitative estimate of drug-likeness (QED) is 0.877. The maximum absolute atomic E-state index is 11.4. The zero-order chi connectivity index (χ0) is 14.7. The third kappa shape index (κ3) is 5.20. The second kappa shape index (κ2) is 6.33. The molecule has 1 heterocycles. The van der Waals surface area contributed by atoms with Crippen molar-refractivity contribution in [3.05, 3.63) is 16.1 Å². The Morgan fingerprint density at radius 3 is 2.53 bits per heavy atom. The number of thiazole rings is 1. The molecule has 1 unspecified atom stereocenters. The minimum absolute atomic E-state index is 0.0197. The lowest BCUT2D eigenvalue weighted by Gasteiger charge is -2.14. The third-order valence-corrected chi connectivity index (χ3v) is 5.95. The fourth-order valence-corrected chi connectivity index (χ4v) is 3.42. The molecule has 0 spiro atoms. The maximum atomic E-state index is 11.4. The molecule has 4 nitrogen and oxygen atoms in total. The Balaban J connectivity index is 2.55. The summed E-state index contributed by atoms with van der Waals surface area (Å²) in [6.07, 6.45) is 0.242. The van der Waals surface area contributed by atoms with E-state index in [0.29, 0.717) is 18.5 Å². The van der Waals surface area contributed by atoms with E-state index in [-0.39, 0.29) is 16.9 Å². The van der Waals surface area contributed by atoms with Crippen LogP contribution in [0.2, 0.25) is 0 Å². The Hall–Kier alpha value is -0.460. The van der Waals surface area contributed by atoms with Crippen molar-refractivity contribution < 1.29 is 13.5 Å². The Kier molecular flexibility index (Phi) is 5.53. The molecule has 1 aromatic heterocycles. The highest BCUT2D eigenvalue weighted by Crippen LogP contribution is 2.28. The molecular formula is C13H23NO3S2. The second-order valence-electron chi connectivity index (χ2n) is 5.72. The molecule has 0 saturated carbocycles. The molecule has 110 valence electrons. The average molecular weight is 305 g/mol. The zero-order valence-electron chi connectivity index (χ0n) is 12.0. The van der Waals surface area contributed by atoms with Gasteiger partial charge >= 0.3 is 0 Å². The minimum atomic E-state index is -2.94. The number of hydrogen-bond donors (Lipinski definition) is 1. The maximum Gasteiger partial charge on any atom is 0.150 e. The largest absolute Gasteiger partial charge is 0.387 e. The molecule has 6 heteroatoms. The van der Waals surface area contributed by atoms with Crippen LogP contribution in [0.25, 0.3) is 0 Å². The van der Waals surface area contributed by atoms with Gasteiger partial charge in [0.1, 0.15) is 9.84 Å². The highest BCUT2D eigenvalue weighted by molar-refractivity contribution is 7.91. The van der Waals surface area contributed by atoms with Crippen molar-refractivity contribution in [1.29, 1.82) is 0 Å². The van der Waals surface area contributed by atoms with Crippen LogP contribution in [0.1, 0.15) is 57.3 Å². The number of aliphatic hydroxyl groups is 1. The van der Waals surface area contributed by atoms with Gasteiger partial charge in [-0.05, 0) is 12.8 Å². The first-order chi connectivity index (χ1) is 8.65. The summed E-state index contributed by atoms with van der Waals surface area (Å²) < 4.78 is 22.7. The molecule has 0 amide bonds. The SMILES string of the molecule is CCS(=O)(=O)CCCC(O)c1csc(C(C)(C)C)n1. The van der Waals surface area contributed by atoms with Crippen LogP contribution >= 0.6 is 11.3 Å². The van der Waals surface area contributed by atoms with Gasteiger partial charge in [-0.15, -0.1) is 11.3 Å². The molecule has 0 aliphatic heterocycles. The highest BCUT2D eigenvalue weighted by Gasteiger charge is 2.20. The number of rotatable bonds is 6. The van der Waals surface area contributed by atoms with E-state index < -0.39 is 15.9 Å². The van der Waals surface area contributed by atoms with Gasteiger partial charge < -0.3 is 5.11 Å². The van der Waals surface area contributed by atoms with Crippen LogP contribution in [-0.4, -0.2) is 30.0 Å². The second-order valence-corrected chi connectivity index (χ2v) is 9.05. The molecule has 0 radical (unpaired) electrons. The van der Waals surface area contributed by atoms with Gasteiger partial charge in [0.15, 0.2) is 0 Å². The lowest BCUT2D eigenvalue weighted by molar-refractivity contribution is 0.162. The molecule has 1 rings (SSSR count). The van der Waals surface area contributed by atoms with E-state index in [1.165, 1.54) is 11.3 Å². The van der Waals surface area contributed by atoms with Crippen molar-refractivity contribution >= 4 is 21.2 Å². The molecule has 0 bridgehead atoms. The number of sulfone groups is 1. The number of hydrogen-bond acceptors (Lipinski definition) is 5. The highest BCUT2D eigenvalue weighted by atomic mass is 32.2. The van der Waals surface area contributed by atoms with Crippen molar-refractivity contribution in [2.24, 2.45) is 0 Å². The monoisotopic (exact) mass is 305 g/mol. The molecule has 19 heavy (non-hydrogen) atoms. The molecule has 0 aliphatic rings. The lowest BCUT2D eigenvalue weighted by atomic mass is 9.98. The van der Waals surface area contributed by atoms with E-state index in [0.717, 1.165) is 5.01 Å². The van der Waals surface area contributed by atoms with Gasteiger partial charge in [-0.25, -0.2) is 13.4 Å².